The van der Waals surface area contributed by atoms with Crippen molar-refractivity contribution in [3.8, 4) is 0 Å². The quantitative estimate of drug-likeness (QED) is 0.803. The molecule has 3 rings (SSSR count). The molecule has 0 atom stereocenters. The number of carbonyl (C=O) groups is 1. The summed E-state index contributed by atoms with van der Waals surface area (Å²) < 4.78 is 27.4. The maximum atomic E-state index is 12.9. The molecule has 1 aromatic carbocycles. The molecule has 0 radical (unpaired) electrons. The van der Waals surface area contributed by atoms with Crippen LogP contribution in [0.2, 0.25) is 0 Å². The predicted octanol–water partition coefficient (Wildman–Crippen LogP) is 2.03. The van der Waals surface area contributed by atoms with E-state index in [9.17, 15) is 13.2 Å². The Hall–Kier alpha value is -1.44. The summed E-state index contributed by atoms with van der Waals surface area (Å²) in [4.78, 5) is 17.0. The zero-order valence-corrected chi connectivity index (χ0v) is 16.5. The highest BCUT2D eigenvalue weighted by molar-refractivity contribution is 7.89. The number of rotatable bonds is 4. The molecule has 1 saturated carbocycles. The summed E-state index contributed by atoms with van der Waals surface area (Å²) in [5, 5.41) is 0. The molecule has 0 N–H and O–H groups in total. The molecular formula is C19H29N3O3S. The van der Waals surface area contributed by atoms with E-state index in [1.165, 1.54) is 16.8 Å². The fourth-order valence-electron chi connectivity index (χ4n) is 3.80. The topological polar surface area (TPSA) is 60.9 Å². The Bertz CT molecular complexity index is 736. The number of amides is 1. The number of hydrogen-bond donors (Lipinski definition) is 0. The minimum absolute atomic E-state index is 0.0904. The lowest BCUT2D eigenvalue weighted by Crippen LogP contribution is -2.47. The summed E-state index contributed by atoms with van der Waals surface area (Å²) in [7, 11) is 0.268. The van der Waals surface area contributed by atoms with Gasteiger partial charge in [-0.05, 0) is 38.1 Å². The maximum absolute atomic E-state index is 12.9. The second-order valence-electron chi connectivity index (χ2n) is 7.44. The van der Waals surface area contributed by atoms with Crippen molar-refractivity contribution < 1.29 is 13.2 Å². The highest BCUT2D eigenvalue weighted by Gasteiger charge is 2.29. The van der Waals surface area contributed by atoms with Crippen LogP contribution in [0.3, 0.4) is 0 Å². The molecular weight excluding hydrogens is 350 g/mol. The molecule has 144 valence electrons. The second kappa shape index (κ2) is 8.06. The number of piperazine rings is 1. The molecule has 1 amide bonds. The monoisotopic (exact) mass is 379 g/mol. The fraction of sp³-hybridized carbons (Fsp3) is 0.632. The Morgan fingerprint density at radius 3 is 2.38 bits per heavy atom. The van der Waals surface area contributed by atoms with Crippen molar-refractivity contribution >= 4 is 15.9 Å². The van der Waals surface area contributed by atoms with Gasteiger partial charge in [-0.3, -0.25) is 4.79 Å². The number of sulfonamides is 1. The van der Waals surface area contributed by atoms with Gasteiger partial charge in [-0.15, -0.1) is 0 Å². The molecule has 2 fully saturated rings. The third-order valence-electron chi connectivity index (χ3n) is 5.62. The number of nitrogens with zero attached hydrogens (tertiary/aromatic N) is 3. The van der Waals surface area contributed by atoms with Crippen LogP contribution in [-0.4, -0.2) is 74.7 Å². The molecule has 2 aliphatic rings. The van der Waals surface area contributed by atoms with E-state index in [0.29, 0.717) is 18.7 Å². The predicted molar refractivity (Wildman–Crippen MR) is 102 cm³/mol. The van der Waals surface area contributed by atoms with E-state index >= 15 is 0 Å². The Morgan fingerprint density at radius 1 is 1.08 bits per heavy atom. The van der Waals surface area contributed by atoms with Crippen molar-refractivity contribution in [3.63, 3.8) is 0 Å². The van der Waals surface area contributed by atoms with Gasteiger partial charge in [0.2, 0.25) is 10.0 Å². The Kier molecular flexibility index (Phi) is 5.99. The van der Waals surface area contributed by atoms with Gasteiger partial charge in [0.1, 0.15) is 0 Å². The minimum atomic E-state index is -3.56. The van der Waals surface area contributed by atoms with Gasteiger partial charge in [0.25, 0.3) is 5.91 Å². The average Bonchev–Trinajstić information content (AvgIpc) is 2.68. The molecule has 0 bridgehead atoms. The number of likely N-dealkylation sites (N-methyl/N-ethyl adjacent to an activating group) is 1. The lowest BCUT2D eigenvalue weighted by molar-refractivity contribution is 0.0696. The Morgan fingerprint density at radius 2 is 1.73 bits per heavy atom. The van der Waals surface area contributed by atoms with E-state index in [4.69, 9.17) is 0 Å². The second-order valence-corrected chi connectivity index (χ2v) is 9.38. The molecule has 26 heavy (non-hydrogen) atoms. The first-order valence-corrected chi connectivity index (χ1v) is 10.9. The van der Waals surface area contributed by atoms with Gasteiger partial charge in [-0.25, -0.2) is 8.42 Å². The summed E-state index contributed by atoms with van der Waals surface area (Å²) in [6, 6.07) is 6.77. The van der Waals surface area contributed by atoms with Crippen LogP contribution < -0.4 is 0 Å². The molecule has 1 aromatic rings. The first-order chi connectivity index (χ1) is 12.4. The van der Waals surface area contributed by atoms with Crippen molar-refractivity contribution in [2.75, 3.05) is 40.3 Å². The maximum Gasteiger partial charge on any atom is 0.253 e. The van der Waals surface area contributed by atoms with Gasteiger partial charge in [0, 0.05) is 44.8 Å². The number of hydrogen-bond acceptors (Lipinski definition) is 4. The van der Waals surface area contributed by atoms with Gasteiger partial charge >= 0.3 is 0 Å². The summed E-state index contributed by atoms with van der Waals surface area (Å²) in [6.45, 7) is 2.42. The average molecular weight is 380 g/mol. The van der Waals surface area contributed by atoms with Gasteiger partial charge in [-0.2, -0.15) is 4.31 Å². The minimum Gasteiger partial charge on any atom is -0.339 e. The molecule has 1 heterocycles. The third kappa shape index (κ3) is 4.10. The van der Waals surface area contributed by atoms with Gasteiger partial charge < -0.3 is 9.80 Å². The van der Waals surface area contributed by atoms with Crippen LogP contribution in [0.4, 0.5) is 0 Å². The van der Waals surface area contributed by atoms with E-state index < -0.39 is 10.0 Å². The van der Waals surface area contributed by atoms with Crippen molar-refractivity contribution in [1.82, 2.24) is 14.1 Å². The van der Waals surface area contributed by atoms with Gasteiger partial charge in [0.15, 0.2) is 0 Å². The third-order valence-corrected chi connectivity index (χ3v) is 7.52. The standard InChI is InChI=1S/C19H29N3O3S/c1-20-11-13-22(14-12-20)26(24,25)18-10-6-7-16(15-18)19(23)21(2)17-8-4-3-5-9-17/h6-7,10,15,17H,3-5,8-9,11-14H2,1-2H3. The van der Waals surface area contributed by atoms with Crippen molar-refractivity contribution in [2.45, 2.75) is 43.0 Å². The lowest BCUT2D eigenvalue weighted by Gasteiger charge is -2.32. The van der Waals surface area contributed by atoms with Gasteiger partial charge in [0.05, 0.1) is 4.90 Å². The molecule has 1 saturated heterocycles. The zero-order valence-electron chi connectivity index (χ0n) is 15.7. The highest BCUT2D eigenvalue weighted by atomic mass is 32.2. The van der Waals surface area contributed by atoms with Crippen molar-refractivity contribution in [2.24, 2.45) is 0 Å². The Labute approximate surface area is 156 Å². The molecule has 0 spiro atoms. The van der Waals surface area contributed by atoms with Gasteiger partial charge in [-0.1, -0.05) is 25.3 Å². The van der Waals surface area contributed by atoms with E-state index in [1.54, 1.807) is 23.1 Å². The van der Waals surface area contributed by atoms with Crippen molar-refractivity contribution in [1.29, 1.82) is 0 Å². The van der Waals surface area contributed by atoms with E-state index in [1.807, 2.05) is 14.1 Å². The SMILES string of the molecule is CN1CCN(S(=O)(=O)c2cccc(C(=O)N(C)C3CCCCC3)c2)CC1. The summed E-state index contributed by atoms with van der Waals surface area (Å²) >= 11 is 0. The van der Waals surface area contributed by atoms with Crippen LogP contribution >= 0.6 is 0 Å². The van der Waals surface area contributed by atoms with Crippen LogP contribution in [0.15, 0.2) is 29.2 Å². The van der Waals surface area contributed by atoms with E-state index in [2.05, 4.69) is 4.90 Å². The molecule has 6 nitrogen and oxygen atoms in total. The first kappa shape index (κ1) is 19.3. The van der Waals surface area contributed by atoms with Crippen molar-refractivity contribution in [3.05, 3.63) is 29.8 Å². The smallest absolute Gasteiger partial charge is 0.253 e. The lowest BCUT2D eigenvalue weighted by atomic mass is 9.94. The van der Waals surface area contributed by atoms with Crippen LogP contribution in [0.1, 0.15) is 42.5 Å². The zero-order chi connectivity index (χ0) is 18.7. The molecule has 1 aliphatic carbocycles. The number of carbonyl (C=O) groups excluding carboxylic acids is 1. The van der Waals surface area contributed by atoms with Crippen LogP contribution in [0, 0.1) is 0 Å². The molecule has 0 unspecified atom stereocenters. The largest absolute Gasteiger partial charge is 0.339 e. The Balaban J connectivity index is 1.78. The summed E-state index contributed by atoms with van der Waals surface area (Å²) in [5.41, 5.74) is 0.452. The first-order valence-electron chi connectivity index (χ1n) is 9.45. The fourth-order valence-corrected chi connectivity index (χ4v) is 5.27. The normalized spacial score (nSPS) is 20.8. The van der Waals surface area contributed by atoms with E-state index in [0.717, 1.165) is 38.8 Å². The molecule has 0 aromatic heterocycles. The number of benzene rings is 1. The van der Waals surface area contributed by atoms with E-state index in [-0.39, 0.29) is 16.8 Å². The molecule has 7 heteroatoms. The summed E-state index contributed by atoms with van der Waals surface area (Å²) in [5.74, 6) is -0.0904. The summed E-state index contributed by atoms with van der Waals surface area (Å²) in [6.07, 6.45) is 5.60. The molecule has 1 aliphatic heterocycles. The van der Waals surface area contributed by atoms with Crippen LogP contribution in [0.25, 0.3) is 0 Å². The van der Waals surface area contributed by atoms with Crippen LogP contribution in [0.5, 0.6) is 0 Å². The highest BCUT2D eigenvalue weighted by Crippen LogP contribution is 2.24. The van der Waals surface area contributed by atoms with Crippen LogP contribution in [-0.2, 0) is 10.0 Å².